The van der Waals surface area contributed by atoms with Crippen molar-refractivity contribution in [3.8, 4) is 0 Å². The number of alkyl halides is 8. The van der Waals surface area contributed by atoms with Crippen molar-refractivity contribution >= 4 is 17.6 Å². The number of hydrogen-bond donors (Lipinski definition) is 0. The zero-order chi connectivity index (χ0) is 32.6. The third-order valence-electron chi connectivity index (χ3n) is 7.25. The molecule has 2 heterocycles. The molecule has 1 aliphatic rings. The summed E-state index contributed by atoms with van der Waals surface area (Å²) >= 11 is 0. The summed E-state index contributed by atoms with van der Waals surface area (Å²) in [5.74, 6) is -3.83. The molecule has 0 N–H and O–H groups in total. The van der Waals surface area contributed by atoms with Crippen LogP contribution >= 0.6 is 0 Å². The lowest BCUT2D eigenvalue weighted by molar-refractivity contribution is -0.143. The van der Waals surface area contributed by atoms with Gasteiger partial charge in [0.1, 0.15) is 6.61 Å². The molecule has 0 aliphatic carbocycles. The van der Waals surface area contributed by atoms with Crippen LogP contribution in [0, 0.1) is 6.92 Å². The van der Waals surface area contributed by atoms with E-state index in [0.29, 0.717) is 42.8 Å². The van der Waals surface area contributed by atoms with Crippen molar-refractivity contribution in [3.05, 3.63) is 63.7 Å². The Morgan fingerprint density at radius 3 is 2.18 bits per heavy atom. The maximum atomic E-state index is 14.6. The fourth-order valence-electron chi connectivity index (χ4n) is 5.36. The van der Waals surface area contributed by atoms with Crippen LogP contribution < -0.4 is 9.80 Å². The Labute approximate surface area is 247 Å². The first-order valence-corrected chi connectivity index (χ1v) is 13.5. The summed E-state index contributed by atoms with van der Waals surface area (Å²) < 4.78 is 116. The molecule has 1 aromatic heterocycles. The maximum Gasteiger partial charge on any atom is 0.416 e. The number of halogens is 8. The summed E-state index contributed by atoms with van der Waals surface area (Å²) in [6.45, 7) is 3.45. The molecule has 0 bridgehead atoms. The first kappa shape index (κ1) is 32.9. The molecule has 0 saturated heterocycles. The second-order valence-electron chi connectivity index (χ2n) is 10.7. The molecule has 0 radical (unpaired) electrons. The predicted molar refractivity (Wildman–Crippen MR) is 143 cm³/mol. The van der Waals surface area contributed by atoms with E-state index in [-0.39, 0.29) is 41.9 Å². The van der Waals surface area contributed by atoms with Crippen LogP contribution in [0.1, 0.15) is 66.1 Å². The van der Waals surface area contributed by atoms with E-state index in [1.165, 1.54) is 37.9 Å². The summed E-state index contributed by atoms with van der Waals surface area (Å²) in [5, 5.41) is 12.0. The van der Waals surface area contributed by atoms with Crippen molar-refractivity contribution in [1.82, 2.24) is 20.2 Å². The number of nitrogens with zero attached hydrogens (tertiary/aromatic N) is 6. The van der Waals surface area contributed by atoms with E-state index < -0.39 is 48.0 Å². The van der Waals surface area contributed by atoms with E-state index >= 15 is 0 Å². The van der Waals surface area contributed by atoms with E-state index in [4.69, 9.17) is 4.74 Å². The molecule has 0 amide bonds. The lowest BCUT2D eigenvalue weighted by Crippen LogP contribution is -2.31. The first-order valence-electron chi connectivity index (χ1n) is 13.5. The van der Waals surface area contributed by atoms with E-state index in [1.54, 1.807) is 4.90 Å². The standard InChI is InChI=1S/C28H30F8N6O2/c1-16-10-21-23(6-5-7-41(8-9-44-17(2)43)24(21)14-22(16)26(3,29)30)42(25-37-39-40(4)38-25)15-18-11-19(27(31,32)33)13-20(12-18)28(34,35)36/h10-14,23H,5-9,15H2,1-4H3/t23-/m0/s1. The second-order valence-corrected chi connectivity index (χ2v) is 10.7. The number of aromatic nitrogens is 4. The van der Waals surface area contributed by atoms with E-state index in [0.717, 1.165) is 11.7 Å². The van der Waals surface area contributed by atoms with Crippen molar-refractivity contribution < 1.29 is 44.7 Å². The minimum atomic E-state index is -5.05. The van der Waals surface area contributed by atoms with Crippen LogP contribution in [0.15, 0.2) is 30.3 Å². The zero-order valence-corrected chi connectivity index (χ0v) is 24.2. The Morgan fingerprint density at radius 1 is 1.02 bits per heavy atom. The zero-order valence-electron chi connectivity index (χ0n) is 24.2. The summed E-state index contributed by atoms with van der Waals surface area (Å²) in [5.41, 5.74) is -2.46. The van der Waals surface area contributed by atoms with Crippen LogP contribution in [0.2, 0.25) is 0 Å². The van der Waals surface area contributed by atoms with E-state index in [1.807, 2.05) is 0 Å². The number of tetrazole rings is 1. The van der Waals surface area contributed by atoms with Crippen LogP contribution in [-0.2, 0) is 41.4 Å². The number of aryl methyl sites for hydroxylation is 2. The largest absolute Gasteiger partial charge is 0.464 e. The molecule has 16 heteroatoms. The fourth-order valence-corrected chi connectivity index (χ4v) is 5.36. The van der Waals surface area contributed by atoms with E-state index in [9.17, 15) is 39.9 Å². The summed E-state index contributed by atoms with van der Waals surface area (Å²) in [7, 11) is 1.44. The number of ether oxygens (including phenoxy) is 1. The number of carbonyl (C=O) groups excluding carboxylic acids is 1. The van der Waals surface area contributed by atoms with Gasteiger partial charge in [0.25, 0.3) is 11.9 Å². The van der Waals surface area contributed by atoms with Gasteiger partial charge in [0.2, 0.25) is 0 Å². The first-order chi connectivity index (χ1) is 20.3. The number of anilines is 2. The van der Waals surface area contributed by atoms with Gasteiger partial charge in [-0.2, -0.15) is 31.1 Å². The van der Waals surface area contributed by atoms with Crippen LogP contribution in [-0.4, -0.2) is 45.9 Å². The molecule has 0 unspecified atom stereocenters. The van der Waals surface area contributed by atoms with Gasteiger partial charge in [0.05, 0.1) is 30.8 Å². The second kappa shape index (κ2) is 12.2. The molecule has 44 heavy (non-hydrogen) atoms. The van der Waals surface area contributed by atoms with Gasteiger partial charge in [0, 0.05) is 38.2 Å². The SMILES string of the molecule is CC(=O)OCCN1CCC[C@H](N(Cc2cc(C(F)(F)F)cc(C(F)(F)F)c2)c2nnn(C)n2)c2cc(C)c(C(C)(F)F)cc21. The number of carbonyl (C=O) groups is 1. The predicted octanol–water partition coefficient (Wildman–Crippen LogP) is 6.58. The lowest BCUT2D eigenvalue weighted by Gasteiger charge is -2.33. The maximum absolute atomic E-state index is 14.6. The number of rotatable bonds is 8. The minimum Gasteiger partial charge on any atom is -0.464 e. The summed E-state index contributed by atoms with van der Waals surface area (Å²) in [4.78, 5) is 15.6. The Kier molecular flexibility index (Phi) is 9.12. The fraction of sp³-hybridized carbons (Fsp3) is 0.500. The van der Waals surface area contributed by atoms with Gasteiger partial charge in [0.15, 0.2) is 0 Å². The van der Waals surface area contributed by atoms with Crippen LogP contribution in [0.25, 0.3) is 0 Å². The van der Waals surface area contributed by atoms with Crippen molar-refractivity contribution in [2.75, 3.05) is 29.5 Å². The molecule has 4 rings (SSSR count). The van der Waals surface area contributed by atoms with Gasteiger partial charge in [-0.25, -0.2) is 8.78 Å². The monoisotopic (exact) mass is 634 g/mol. The third kappa shape index (κ3) is 7.56. The van der Waals surface area contributed by atoms with Crippen molar-refractivity contribution in [3.63, 3.8) is 0 Å². The van der Waals surface area contributed by atoms with Crippen molar-refractivity contribution in [2.24, 2.45) is 7.05 Å². The molecule has 240 valence electrons. The van der Waals surface area contributed by atoms with Gasteiger partial charge in [-0.05, 0) is 65.9 Å². The molecular formula is C28H30F8N6O2. The number of fused-ring (bicyclic) bond motifs is 1. The Morgan fingerprint density at radius 2 is 1.66 bits per heavy atom. The summed E-state index contributed by atoms with van der Waals surface area (Å²) in [6.07, 6.45) is -9.37. The highest BCUT2D eigenvalue weighted by Crippen LogP contribution is 2.44. The highest BCUT2D eigenvalue weighted by atomic mass is 19.4. The van der Waals surface area contributed by atoms with Gasteiger partial charge in [-0.1, -0.05) is 11.2 Å². The molecule has 0 fully saturated rings. The Bertz CT molecular complexity index is 1470. The molecule has 1 atom stereocenters. The topological polar surface area (TPSA) is 76.4 Å². The molecule has 8 nitrogen and oxygen atoms in total. The molecule has 3 aromatic rings. The Balaban J connectivity index is 1.88. The molecule has 0 saturated carbocycles. The molecular weight excluding hydrogens is 604 g/mol. The quantitative estimate of drug-likeness (QED) is 0.205. The Hall–Kier alpha value is -3.98. The van der Waals surface area contributed by atoms with Crippen molar-refractivity contribution in [2.45, 2.75) is 64.5 Å². The van der Waals surface area contributed by atoms with Gasteiger partial charge in [-0.15, -0.1) is 5.10 Å². The number of esters is 1. The number of hydrogen-bond acceptors (Lipinski definition) is 7. The molecule has 2 aromatic carbocycles. The van der Waals surface area contributed by atoms with Crippen LogP contribution in [0.3, 0.4) is 0 Å². The number of benzene rings is 2. The highest BCUT2D eigenvalue weighted by molar-refractivity contribution is 5.66. The lowest BCUT2D eigenvalue weighted by atomic mass is 9.93. The third-order valence-corrected chi connectivity index (χ3v) is 7.25. The van der Waals surface area contributed by atoms with E-state index in [2.05, 4.69) is 15.4 Å². The average molecular weight is 635 g/mol. The normalized spacial score (nSPS) is 16.0. The van der Waals surface area contributed by atoms with Gasteiger partial charge < -0.3 is 14.5 Å². The summed E-state index contributed by atoms with van der Waals surface area (Å²) in [6, 6.07) is 3.40. The smallest absolute Gasteiger partial charge is 0.416 e. The van der Waals surface area contributed by atoms with Gasteiger partial charge in [-0.3, -0.25) is 4.79 Å². The van der Waals surface area contributed by atoms with Crippen molar-refractivity contribution in [1.29, 1.82) is 0 Å². The average Bonchev–Trinajstić information content (AvgIpc) is 3.25. The van der Waals surface area contributed by atoms with Crippen LogP contribution in [0.4, 0.5) is 46.8 Å². The van der Waals surface area contributed by atoms with Gasteiger partial charge >= 0.3 is 18.3 Å². The highest BCUT2D eigenvalue weighted by Gasteiger charge is 2.38. The van der Waals surface area contributed by atoms with Crippen LogP contribution in [0.5, 0.6) is 0 Å². The molecule has 1 aliphatic heterocycles. The minimum absolute atomic E-state index is 0.0367. The molecule has 0 spiro atoms.